The Morgan fingerprint density at radius 2 is 2.36 bits per heavy atom. The molecule has 1 N–H and O–H groups in total. The zero-order valence-electron chi connectivity index (χ0n) is 8.31. The molecule has 0 atom stereocenters. The van der Waals surface area contributed by atoms with Gasteiger partial charge in [-0.3, -0.25) is 4.79 Å². The molecule has 6 heteroatoms. The average Bonchev–Trinajstić information content (AvgIpc) is 2.15. The smallest absolute Gasteiger partial charge is 0.237 e. The molecular formula is C8H12N4O2. The molecule has 0 bridgehead atoms. The van der Waals surface area contributed by atoms with Crippen LogP contribution in [0.15, 0.2) is 17.2 Å². The lowest BCUT2D eigenvalue weighted by molar-refractivity contribution is -0.119. The number of nitrogens with one attached hydrogen (secondary N) is 1. The zero-order valence-corrected chi connectivity index (χ0v) is 8.31. The van der Waals surface area contributed by atoms with Crippen LogP contribution in [0.3, 0.4) is 0 Å². The Hall–Kier alpha value is -1.85. The van der Waals surface area contributed by atoms with Crippen molar-refractivity contribution in [2.75, 3.05) is 7.11 Å². The fourth-order valence-electron chi connectivity index (χ4n) is 0.841. The molecule has 0 unspecified atom stereocenters. The molecule has 0 saturated carbocycles. The second kappa shape index (κ2) is 4.40. The Bertz CT molecular complexity index is 397. The monoisotopic (exact) mass is 196 g/mol. The Kier molecular flexibility index (Phi) is 3.22. The molecule has 1 aromatic rings. The van der Waals surface area contributed by atoms with Gasteiger partial charge in [0, 0.05) is 20.0 Å². The predicted molar refractivity (Wildman–Crippen MR) is 49.1 cm³/mol. The van der Waals surface area contributed by atoms with E-state index < -0.39 is 0 Å². The minimum atomic E-state index is -0.221. The highest BCUT2D eigenvalue weighted by Gasteiger charge is 1.94. The lowest BCUT2D eigenvalue weighted by atomic mass is 10.5. The van der Waals surface area contributed by atoms with Crippen molar-refractivity contribution in [1.82, 2.24) is 15.2 Å². The minimum absolute atomic E-state index is 0.221. The summed E-state index contributed by atoms with van der Waals surface area (Å²) in [7, 11) is 3.25. The highest BCUT2D eigenvalue weighted by Crippen LogP contribution is 1.97. The number of aromatic nitrogens is 2. The van der Waals surface area contributed by atoms with Crippen LogP contribution in [0.5, 0.6) is 5.88 Å². The van der Waals surface area contributed by atoms with Crippen molar-refractivity contribution in [3.8, 4) is 5.88 Å². The van der Waals surface area contributed by atoms with Crippen molar-refractivity contribution >= 4 is 5.91 Å². The van der Waals surface area contributed by atoms with Gasteiger partial charge in [0.1, 0.15) is 0 Å². The van der Waals surface area contributed by atoms with Crippen molar-refractivity contribution in [2.45, 2.75) is 6.92 Å². The first-order chi connectivity index (χ1) is 6.63. The molecule has 0 radical (unpaired) electrons. The van der Waals surface area contributed by atoms with Crippen LogP contribution in [0.4, 0.5) is 0 Å². The highest BCUT2D eigenvalue weighted by molar-refractivity contribution is 5.72. The number of nitrogens with zero attached hydrogens (tertiary/aromatic N) is 3. The third kappa shape index (κ3) is 2.58. The molecule has 76 valence electrons. The molecule has 0 aliphatic carbocycles. The molecule has 6 nitrogen and oxygen atoms in total. The van der Waals surface area contributed by atoms with Crippen LogP contribution in [0, 0.1) is 0 Å². The Morgan fingerprint density at radius 1 is 1.64 bits per heavy atom. The SMILES string of the molecule is COc1cc/c(=N\NC(C)=O)n(C)n1. The van der Waals surface area contributed by atoms with E-state index in [0.29, 0.717) is 11.4 Å². The topological polar surface area (TPSA) is 68.5 Å². The normalized spacial score (nSPS) is 11.2. The van der Waals surface area contributed by atoms with Crippen molar-refractivity contribution in [2.24, 2.45) is 12.1 Å². The van der Waals surface area contributed by atoms with Crippen LogP contribution < -0.4 is 15.7 Å². The summed E-state index contributed by atoms with van der Waals surface area (Å²) in [5.41, 5.74) is 2.87. The fourth-order valence-corrected chi connectivity index (χ4v) is 0.841. The first kappa shape index (κ1) is 10.2. The molecule has 1 rings (SSSR count). The maximum Gasteiger partial charge on any atom is 0.237 e. The van der Waals surface area contributed by atoms with Crippen LogP contribution in [-0.2, 0) is 11.8 Å². The molecule has 1 amide bonds. The first-order valence-corrected chi connectivity index (χ1v) is 4.02. The third-order valence-corrected chi connectivity index (χ3v) is 1.49. The van der Waals surface area contributed by atoms with Gasteiger partial charge in [-0.05, 0) is 6.07 Å². The summed E-state index contributed by atoms with van der Waals surface area (Å²) < 4.78 is 6.42. The van der Waals surface area contributed by atoms with Crippen LogP contribution >= 0.6 is 0 Å². The second-order valence-electron chi connectivity index (χ2n) is 2.64. The van der Waals surface area contributed by atoms with E-state index in [2.05, 4.69) is 15.6 Å². The highest BCUT2D eigenvalue weighted by atomic mass is 16.5. The van der Waals surface area contributed by atoms with Gasteiger partial charge < -0.3 is 4.74 Å². The summed E-state index contributed by atoms with van der Waals surface area (Å²) in [5, 5.41) is 7.85. The lowest BCUT2D eigenvalue weighted by Gasteiger charge is -2.01. The zero-order chi connectivity index (χ0) is 10.6. The number of carbonyl (C=O) groups excluding carboxylic acids is 1. The number of ether oxygens (including phenoxy) is 1. The molecule has 0 spiro atoms. The van der Waals surface area contributed by atoms with E-state index in [1.807, 2.05) is 0 Å². The van der Waals surface area contributed by atoms with E-state index >= 15 is 0 Å². The van der Waals surface area contributed by atoms with Crippen LogP contribution in [0.1, 0.15) is 6.92 Å². The number of rotatable bonds is 2. The van der Waals surface area contributed by atoms with Gasteiger partial charge in [0.2, 0.25) is 11.8 Å². The summed E-state index contributed by atoms with van der Waals surface area (Å²) in [6.07, 6.45) is 0. The van der Waals surface area contributed by atoms with Gasteiger partial charge in [-0.1, -0.05) is 0 Å². The second-order valence-corrected chi connectivity index (χ2v) is 2.64. The Labute approximate surface area is 81.2 Å². The standard InChI is InChI=1S/C8H12N4O2/c1-6(13)9-10-7-4-5-8(14-3)11-12(7)2/h4-5H,1-3H3,(H,9,13)/b10-7+. The minimum Gasteiger partial charge on any atom is -0.480 e. The van der Waals surface area contributed by atoms with Gasteiger partial charge in [0.15, 0.2) is 5.49 Å². The average molecular weight is 196 g/mol. The summed E-state index contributed by atoms with van der Waals surface area (Å²) in [6, 6.07) is 3.36. The van der Waals surface area contributed by atoms with Gasteiger partial charge in [0.05, 0.1) is 7.11 Å². The van der Waals surface area contributed by atoms with Gasteiger partial charge in [-0.2, -0.15) is 5.10 Å². The van der Waals surface area contributed by atoms with Crippen LogP contribution in [0.2, 0.25) is 0 Å². The predicted octanol–water partition coefficient (Wildman–Crippen LogP) is -0.620. The number of methoxy groups -OCH3 is 1. The molecule has 0 aliphatic heterocycles. The Balaban J connectivity index is 2.99. The Morgan fingerprint density at radius 3 is 2.86 bits per heavy atom. The first-order valence-electron chi connectivity index (χ1n) is 4.02. The third-order valence-electron chi connectivity index (χ3n) is 1.49. The van der Waals surface area contributed by atoms with E-state index in [1.54, 1.807) is 19.2 Å². The fraction of sp³-hybridized carbons (Fsp3) is 0.375. The summed E-state index contributed by atoms with van der Waals surface area (Å²) in [6.45, 7) is 1.39. The van der Waals surface area contributed by atoms with E-state index in [4.69, 9.17) is 4.74 Å². The molecule has 0 saturated heterocycles. The van der Waals surface area contributed by atoms with Gasteiger partial charge in [-0.25, -0.2) is 10.1 Å². The quantitative estimate of drug-likeness (QED) is 0.641. The van der Waals surface area contributed by atoms with Crippen molar-refractivity contribution < 1.29 is 9.53 Å². The molecule has 1 aromatic heterocycles. The summed E-state index contributed by atoms with van der Waals surface area (Å²) in [5.74, 6) is 0.273. The number of carbonyl (C=O) groups is 1. The number of hydrogen-bond acceptors (Lipinski definition) is 4. The molecule has 0 aromatic carbocycles. The molecule has 14 heavy (non-hydrogen) atoms. The lowest BCUT2D eigenvalue weighted by Crippen LogP contribution is -2.25. The number of hydrogen-bond donors (Lipinski definition) is 1. The molecular weight excluding hydrogens is 184 g/mol. The van der Waals surface area contributed by atoms with Crippen molar-refractivity contribution in [3.05, 3.63) is 17.6 Å². The van der Waals surface area contributed by atoms with E-state index in [-0.39, 0.29) is 5.91 Å². The van der Waals surface area contributed by atoms with Gasteiger partial charge in [-0.15, -0.1) is 5.10 Å². The van der Waals surface area contributed by atoms with Crippen LogP contribution in [-0.4, -0.2) is 22.8 Å². The van der Waals surface area contributed by atoms with E-state index in [1.165, 1.54) is 18.7 Å². The summed E-state index contributed by atoms with van der Waals surface area (Å²) >= 11 is 0. The van der Waals surface area contributed by atoms with Crippen LogP contribution in [0.25, 0.3) is 0 Å². The largest absolute Gasteiger partial charge is 0.480 e. The van der Waals surface area contributed by atoms with Gasteiger partial charge in [0.25, 0.3) is 0 Å². The van der Waals surface area contributed by atoms with Crippen molar-refractivity contribution in [1.29, 1.82) is 0 Å². The van der Waals surface area contributed by atoms with Crippen molar-refractivity contribution in [3.63, 3.8) is 0 Å². The van der Waals surface area contributed by atoms with E-state index in [9.17, 15) is 4.79 Å². The molecule has 0 fully saturated rings. The van der Waals surface area contributed by atoms with Gasteiger partial charge >= 0.3 is 0 Å². The maximum absolute atomic E-state index is 10.6. The number of amides is 1. The molecule has 1 heterocycles. The van der Waals surface area contributed by atoms with E-state index in [0.717, 1.165) is 0 Å². The number of aryl methyl sites for hydroxylation is 1. The molecule has 0 aliphatic rings. The maximum atomic E-state index is 10.6. The summed E-state index contributed by atoms with van der Waals surface area (Å²) in [4.78, 5) is 10.6.